The highest BCUT2D eigenvalue weighted by molar-refractivity contribution is 7.99. The molecule has 0 spiro atoms. The van der Waals surface area contributed by atoms with Crippen molar-refractivity contribution in [2.75, 3.05) is 5.32 Å². The molecule has 0 saturated heterocycles. The second-order valence-electron chi connectivity index (χ2n) is 5.03. The van der Waals surface area contributed by atoms with Gasteiger partial charge in [-0.15, -0.1) is 0 Å². The summed E-state index contributed by atoms with van der Waals surface area (Å²) in [7, 11) is 0. The number of nitrogens with one attached hydrogen (secondary N) is 1. The van der Waals surface area contributed by atoms with Gasteiger partial charge in [-0.2, -0.15) is 5.10 Å². The number of carbonyl (C=O) groups excluding carboxylic acids is 1. The highest BCUT2D eigenvalue weighted by Gasteiger charge is 2.07. The van der Waals surface area contributed by atoms with Crippen LogP contribution in [0.4, 0.5) is 5.69 Å². The van der Waals surface area contributed by atoms with E-state index in [1.807, 2.05) is 37.3 Å². The van der Waals surface area contributed by atoms with Crippen LogP contribution >= 0.6 is 11.8 Å². The third-order valence-electron chi connectivity index (χ3n) is 3.22. The fourth-order valence-corrected chi connectivity index (χ4v) is 3.05. The van der Waals surface area contributed by atoms with E-state index in [4.69, 9.17) is 0 Å². The first-order valence-corrected chi connectivity index (χ1v) is 7.98. The number of hydrogen-bond acceptors (Lipinski definition) is 4. The topological polar surface area (TPSA) is 59.8 Å². The Morgan fingerprint density at radius 2 is 2.00 bits per heavy atom. The second-order valence-corrected chi connectivity index (χ2v) is 6.18. The molecule has 0 aliphatic rings. The van der Waals surface area contributed by atoms with Crippen molar-refractivity contribution in [2.24, 2.45) is 0 Å². The highest BCUT2D eigenvalue weighted by atomic mass is 32.2. The Labute approximate surface area is 138 Å². The van der Waals surface area contributed by atoms with E-state index < -0.39 is 0 Å². The van der Waals surface area contributed by atoms with Crippen molar-refractivity contribution < 1.29 is 4.79 Å². The normalized spacial score (nSPS) is 10.5. The molecule has 1 N–H and O–H groups in total. The molecule has 6 heteroatoms. The average Bonchev–Trinajstić information content (AvgIpc) is 3.04. The van der Waals surface area contributed by atoms with Gasteiger partial charge in [0.2, 0.25) is 5.91 Å². The van der Waals surface area contributed by atoms with Crippen molar-refractivity contribution in [1.82, 2.24) is 14.8 Å². The van der Waals surface area contributed by atoms with Crippen LogP contribution in [0.2, 0.25) is 0 Å². The third-order valence-corrected chi connectivity index (χ3v) is 4.22. The first kappa shape index (κ1) is 15.3. The molecule has 3 rings (SSSR count). The highest BCUT2D eigenvalue weighted by Crippen LogP contribution is 2.30. The van der Waals surface area contributed by atoms with Crippen LogP contribution in [-0.4, -0.2) is 20.7 Å². The zero-order valence-corrected chi connectivity index (χ0v) is 13.5. The average molecular weight is 324 g/mol. The fourth-order valence-electron chi connectivity index (χ4n) is 2.12. The van der Waals surface area contributed by atoms with E-state index >= 15 is 0 Å². The smallest absolute Gasteiger partial charge is 0.246 e. The summed E-state index contributed by atoms with van der Waals surface area (Å²) in [6.07, 6.45) is 2.93. The zero-order chi connectivity index (χ0) is 16.1. The van der Waals surface area contributed by atoms with E-state index in [1.54, 1.807) is 11.8 Å². The zero-order valence-electron chi connectivity index (χ0n) is 12.6. The Morgan fingerprint density at radius 1 is 1.17 bits per heavy atom. The van der Waals surface area contributed by atoms with Crippen LogP contribution < -0.4 is 5.32 Å². The molecule has 1 heterocycles. The van der Waals surface area contributed by atoms with Crippen LogP contribution in [0, 0.1) is 6.92 Å². The summed E-state index contributed by atoms with van der Waals surface area (Å²) < 4.78 is 1.49. The molecule has 0 unspecified atom stereocenters. The van der Waals surface area contributed by atoms with Gasteiger partial charge >= 0.3 is 0 Å². The van der Waals surface area contributed by atoms with Crippen molar-refractivity contribution in [1.29, 1.82) is 0 Å². The minimum absolute atomic E-state index is 0.123. The standard InChI is InChI=1S/C17H16N4OS/c1-13-9-15(23-14-5-3-2-4-6-14)7-8-16(13)20-17(22)10-21-12-18-11-19-21/h2-9,11-12H,10H2,1H3,(H,20,22). The Bertz CT molecular complexity index is 788. The van der Waals surface area contributed by atoms with Gasteiger partial charge in [-0.3, -0.25) is 4.79 Å². The Hall–Kier alpha value is -2.60. The molecule has 0 fully saturated rings. The van der Waals surface area contributed by atoms with Crippen molar-refractivity contribution in [2.45, 2.75) is 23.3 Å². The number of hydrogen-bond donors (Lipinski definition) is 1. The molecule has 2 aromatic carbocycles. The maximum Gasteiger partial charge on any atom is 0.246 e. The first-order valence-electron chi connectivity index (χ1n) is 7.16. The van der Waals surface area contributed by atoms with E-state index in [-0.39, 0.29) is 12.5 Å². The van der Waals surface area contributed by atoms with Gasteiger partial charge < -0.3 is 5.32 Å². The van der Waals surface area contributed by atoms with Gasteiger partial charge in [0.1, 0.15) is 19.2 Å². The van der Waals surface area contributed by atoms with Crippen LogP contribution in [0.5, 0.6) is 0 Å². The van der Waals surface area contributed by atoms with Crippen LogP contribution in [0.15, 0.2) is 71.0 Å². The van der Waals surface area contributed by atoms with Gasteiger partial charge in [0, 0.05) is 15.5 Å². The molecular formula is C17H16N4OS. The summed E-state index contributed by atoms with van der Waals surface area (Å²) in [4.78, 5) is 18.2. The van der Waals surface area contributed by atoms with Crippen LogP contribution in [0.25, 0.3) is 0 Å². The molecule has 5 nitrogen and oxygen atoms in total. The fraction of sp³-hybridized carbons (Fsp3) is 0.118. The monoisotopic (exact) mass is 324 g/mol. The summed E-state index contributed by atoms with van der Waals surface area (Å²) in [5, 5.41) is 6.83. The lowest BCUT2D eigenvalue weighted by molar-refractivity contribution is -0.116. The molecule has 0 atom stereocenters. The summed E-state index contributed by atoms with van der Waals surface area (Å²) in [6, 6.07) is 16.2. The van der Waals surface area contributed by atoms with Gasteiger partial charge in [-0.1, -0.05) is 30.0 Å². The molecule has 0 aliphatic carbocycles. The number of anilines is 1. The number of amides is 1. The van der Waals surface area contributed by atoms with E-state index in [0.717, 1.165) is 16.1 Å². The van der Waals surface area contributed by atoms with Gasteiger partial charge in [0.05, 0.1) is 0 Å². The van der Waals surface area contributed by atoms with Crippen molar-refractivity contribution in [3.63, 3.8) is 0 Å². The molecule has 0 saturated carbocycles. The van der Waals surface area contributed by atoms with E-state index in [2.05, 4.69) is 33.6 Å². The summed E-state index contributed by atoms with van der Waals surface area (Å²) in [5.74, 6) is -0.123. The van der Waals surface area contributed by atoms with Crippen LogP contribution in [-0.2, 0) is 11.3 Å². The van der Waals surface area contributed by atoms with Crippen LogP contribution in [0.1, 0.15) is 5.56 Å². The first-order chi connectivity index (χ1) is 11.2. The van der Waals surface area contributed by atoms with Gasteiger partial charge in [-0.05, 0) is 42.8 Å². The maximum atomic E-state index is 12.0. The summed E-state index contributed by atoms with van der Waals surface area (Å²) in [5.41, 5.74) is 1.84. The SMILES string of the molecule is Cc1cc(Sc2ccccc2)ccc1NC(=O)Cn1cncn1. The molecular weight excluding hydrogens is 308 g/mol. The number of aromatic nitrogens is 3. The molecule has 0 radical (unpaired) electrons. The van der Waals surface area contributed by atoms with E-state index in [9.17, 15) is 4.79 Å². The minimum Gasteiger partial charge on any atom is -0.324 e. The molecule has 0 aliphatic heterocycles. The number of carbonyl (C=O) groups is 1. The molecule has 23 heavy (non-hydrogen) atoms. The number of rotatable bonds is 5. The number of aryl methyl sites for hydroxylation is 1. The molecule has 1 aromatic heterocycles. The van der Waals surface area contributed by atoms with E-state index in [0.29, 0.717) is 0 Å². The Balaban J connectivity index is 1.66. The predicted octanol–water partition coefficient (Wildman–Crippen LogP) is 3.38. The maximum absolute atomic E-state index is 12.0. The molecule has 1 amide bonds. The molecule has 3 aromatic rings. The quantitative estimate of drug-likeness (QED) is 0.781. The summed E-state index contributed by atoms with van der Waals surface area (Å²) >= 11 is 1.70. The third kappa shape index (κ3) is 4.20. The van der Waals surface area contributed by atoms with Crippen molar-refractivity contribution in [3.05, 3.63) is 66.7 Å². The number of nitrogens with zero attached hydrogens (tertiary/aromatic N) is 3. The van der Waals surface area contributed by atoms with Gasteiger partial charge in [0.25, 0.3) is 0 Å². The summed E-state index contributed by atoms with van der Waals surface area (Å²) in [6.45, 7) is 2.14. The van der Waals surface area contributed by atoms with Gasteiger partial charge in [0.15, 0.2) is 0 Å². The van der Waals surface area contributed by atoms with Crippen molar-refractivity contribution >= 4 is 23.4 Å². The number of benzene rings is 2. The predicted molar refractivity (Wildman–Crippen MR) is 90.4 cm³/mol. The Kier molecular flexibility index (Phi) is 4.73. The van der Waals surface area contributed by atoms with Gasteiger partial charge in [-0.25, -0.2) is 9.67 Å². The minimum atomic E-state index is -0.123. The van der Waals surface area contributed by atoms with E-state index in [1.165, 1.54) is 22.2 Å². The lowest BCUT2D eigenvalue weighted by Crippen LogP contribution is -2.19. The second kappa shape index (κ2) is 7.11. The Morgan fingerprint density at radius 3 is 2.70 bits per heavy atom. The molecule has 0 bridgehead atoms. The largest absolute Gasteiger partial charge is 0.324 e. The van der Waals surface area contributed by atoms with Crippen LogP contribution in [0.3, 0.4) is 0 Å². The van der Waals surface area contributed by atoms with Crippen molar-refractivity contribution in [3.8, 4) is 0 Å². The molecule has 116 valence electrons. The lowest BCUT2D eigenvalue weighted by atomic mass is 10.2. The lowest BCUT2D eigenvalue weighted by Gasteiger charge is -2.10.